The lowest BCUT2D eigenvalue weighted by atomic mass is 10.1. The van der Waals surface area contributed by atoms with E-state index in [9.17, 15) is 14.0 Å². The summed E-state index contributed by atoms with van der Waals surface area (Å²) in [6, 6.07) is 10.7. The summed E-state index contributed by atoms with van der Waals surface area (Å²) in [5.41, 5.74) is 1.08. The Morgan fingerprint density at radius 2 is 1.84 bits per heavy atom. The topological polar surface area (TPSA) is 65.3 Å². The first kappa shape index (κ1) is 15.7. The molecule has 6 nitrogen and oxygen atoms in total. The molecule has 2 atom stereocenters. The molecule has 0 bridgehead atoms. The number of hydrogen-bond donors (Lipinski definition) is 0. The molecule has 2 aromatic rings. The Morgan fingerprint density at radius 3 is 2.56 bits per heavy atom. The van der Waals surface area contributed by atoms with E-state index in [4.69, 9.17) is 11.6 Å². The Hall–Kier alpha value is -2.80. The van der Waals surface area contributed by atoms with Crippen molar-refractivity contribution in [3.8, 4) is 0 Å². The van der Waals surface area contributed by atoms with Gasteiger partial charge >= 0.3 is 0 Å². The van der Waals surface area contributed by atoms with E-state index in [2.05, 4.69) is 10.3 Å². The maximum absolute atomic E-state index is 13.4. The molecule has 2 aromatic carbocycles. The predicted octanol–water partition coefficient (Wildman–Crippen LogP) is 2.97. The van der Waals surface area contributed by atoms with Crippen LogP contribution >= 0.6 is 11.6 Å². The lowest BCUT2D eigenvalue weighted by Gasteiger charge is -2.20. The first-order chi connectivity index (χ1) is 12.0. The molecular weight excluding hydrogens is 347 g/mol. The van der Waals surface area contributed by atoms with Crippen LogP contribution in [0.1, 0.15) is 5.56 Å². The number of anilines is 1. The summed E-state index contributed by atoms with van der Waals surface area (Å²) in [4.78, 5) is 26.5. The van der Waals surface area contributed by atoms with Crippen LogP contribution in [0.25, 0.3) is 0 Å². The first-order valence-corrected chi connectivity index (χ1v) is 7.97. The van der Waals surface area contributed by atoms with Gasteiger partial charge < -0.3 is 0 Å². The summed E-state index contributed by atoms with van der Waals surface area (Å²) in [6.07, 6.45) is 0. The molecule has 126 valence electrons. The molecule has 0 aromatic heterocycles. The third-order valence-corrected chi connectivity index (χ3v) is 4.43. The minimum absolute atomic E-state index is 0.190. The van der Waals surface area contributed by atoms with Crippen LogP contribution < -0.4 is 4.90 Å². The average molecular weight is 359 g/mol. The Labute approximate surface area is 147 Å². The minimum Gasteiger partial charge on any atom is -0.271 e. The molecule has 0 N–H and O–H groups in total. The molecule has 0 spiro atoms. The number of hydrogen-bond acceptors (Lipinski definition) is 5. The van der Waals surface area contributed by atoms with Crippen LogP contribution in [0.3, 0.4) is 0 Å². The maximum atomic E-state index is 13.4. The van der Waals surface area contributed by atoms with E-state index in [-0.39, 0.29) is 12.4 Å². The fourth-order valence-electron chi connectivity index (χ4n) is 3.02. The van der Waals surface area contributed by atoms with Gasteiger partial charge in [0.2, 0.25) is 0 Å². The average Bonchev–Trinajstić information content (AvgIpc) is 3.10. The number of carbonyl (C=O) groups excluding carboxylic acids is 2. The van der Waals surface area contributed by atoms with Crippen molar-refractivity contribution in [2.45, 2.75) is 18.6 Å². The van der Waals surface area contributed by atoms with Gasteiger partial charge in [-0.2, -0.15) is 5.11 Å². The van der Waals surface area contributed by atoms with Gasteiger partial charge in [-0.25, -0.2) is 9.29 Å². The Balaban J connectivity index is 1.60. The fraction of sp³-hybridized carbons (Fsp3) is 0.176. The van der Waals surface area contributed by atoms with Gasteiger partial charge in [-0.05, 0) is 42.0 Å². The third kappa shape index (κ3) is 2.66. The van der Waals surface area contributed by atoms with Crippen molar-refractivity contribution in [1.29, 1.82) is 0 Å². The van der Waals surface area contributed by atoms with E-state index in [0.717, 1.165) is 4.90 Å². The Bertz CT molecular complexity index is 886. The van der Waals surface area contributed by atoms with E-state index in [0.29, 0.717) is 16.3 Å². The smallest absolute Gasteiger partial charge is 0.263 e. The highest BCUT2D eigenvalue weighted by atomic mass is 35.5. The number of amides is 2. The normalized spacial score (nSPS) is 22.0. The van der Waals surface area contributed by atoms with Gasteiger partial charge in [0.15, 0.2) is 12.1 Å². The molecule has 2 heterocycles. The van der Waals surface area contributed by atoms with Crippen molar-refractivity contribution in [1.82, 2.24) is 5.01 Å². The third-order valence-electron chi connectivity index (χ3n) is 4.18. The molecular formula is C17H12ClFN4O2. The predicted molar refractivity (Wildman–Crippen MR) is 88.3 cm³/mol. The summed E-state index contributed by atoms with van der Waals surface area (Å²) >= 11 is 5.85. The summed E-state index contributed by atoms with van der Waals surface area (Å²) in [5.74, 6) is -1.21. The fourth-order valence-corrected chi connectivity index (χ4v) is 3.15. The van der Waals surface area contributed by atoms with E-state index >= 15 is 0 Å². The van der Waals surface area contributed by atoms with Crippen LogP contribution in [0.5, 0.6) is 0 Å². The van der Waals surface area contributed by atoms with Crippen molar-refractivity contribution < 1.29 is 14.0 Å². The Kier molecular flexibility index (Phi) is 3.73. The monoisotopic (exact) mass is 358 g/mol. The van der Waals surface area contributed by atoms with Crippen molar-refractivity contribution in [2.75, 3.05) is 4.90 Å². The van der Waals surface area contributed by atoms with Crippen LogP contribution in [0.4, 0.5) is 10.1 Å². The van der Waals surface area contributed by atoms with Gasteiger partial charge in [0.05, 0.1) is 12.2 Å². The SMILES string of the molecule is O=C1[C@H]2N=NN(Cc3cccc(F)c3)[C@H]2C(=O)N1c1ccc(Cl)cc1. The summed E-state index contributed by atoms with van der Waals surface area (Å²) in [7, 11) is 0. The molecule has 1 fully saturated rings. The lowest BCUT2D eigenvalue weighted by Crippen LogP contribution is -2.39. The summed E-state index contributed by atoms with van der Waals surface area (Å²) < 4.78 is 13.4. The molecule has 0 unspecified atom stereocenters. The van der Waals surface area contributed by atoms with Crippen molar-refractivity contribution in [3.05, 3.63) is 64.9 Å². The van der Waals surface area contributed by atoms with E-state index in [1.165, 1.54) is 17.1 Å². The molecule has 2 aliphatic heterocycles. The van der Waals surface area contributed by atoms with Crippen LogP contribution in [0.15, 0.2) is 58.9 Å². The zero-order valence-electron chi connectivity index (χ0n) is 12.8. The largest absolute Gasteiger partial charge is 0.271 e. The molecule has 2 aliphatic rings. The molecule has 25 heavy (non-hydrogen) atoms. The number of benzene rings is 2. The number of rotatable bonds is 3. The van der Waals surface area contributed by atoms with Gasteiger partial charge in [-0.3, -0.25) is 14.6 Å². The van der Waals surface area contributed by atoms with Crippen LogP contribution in [0, 0.1) is 5.82 Å². The molecule has 0 radical (unpaired) electrons. The first-order valence-electron chi connectivity index (χ1n) is 7.60. The highest BCUT2D eigenvalue weighted by molar-refractivity contribution is 6.31. The lowest BCUT2D eigenvalue weighted by molar-refractivity contribution is -0.123. The Morgan fingerprint density at radius 1 is 1.08 bits per heavy atom. The zero-order valence-corrected chi connectivity index (χ0v) is 13.6. The molecule has 4 rings (SSSR count). The van der Waals surface area contributed by atoms with Crippen molar-refractivity contribution in [2.24, 2.45) is 10.3 Å². The van der Waals surface area contributed by atoms with Crippen LogP contribution in [-0.2, 0) is 16.1 Å². The van der Waals surface area contributed by atoms with E-state index < -0.39 is 23.9 Å². The molecule has 8 heteroatoms. The quantitative estimate of drug-likeness (QED) is 0.792. The number of fused-ring (bicyclic) bond motifs is 1. The maximum Gasteiger partial charge on any atom is 0.263 e. The number of halogens is 2. The van der Waals surface area contributed by atoms with E-state index in [1.54, 1.807) is 36.4 Å². The second-order valence-corrected chi connectivity index (χ2v) is 6.25. The number of nitrogens with zero attached hydrogens (tertiary/aromatic N) is 4. The highest BCUT2D eigenvalue weighted by Crippen LogP contribution is 2.33. The highest BCUT2D eigenvalue weighted by Gasteiger charge is 2.54. The standard InChI is InChI=1S/C17H12ClFN4O2/c18-11-4-6-13(7-5-11)23-16(24)14-15(17(23)25)22(21-20-14)9-10-2-1-3-12(19)8-10/h1-8,14-15H,9H2/t14-,15+/m0/s1. The van der Waals surface area contributed by atoms with Crippen molar-refractivity contribution >= 4 is 29.1 Å². The van der Waals surface area contributed by atoms with Gasteiger partial charge in [0, 0.05) is 5.02 Å². The van der Waals surface area contributed by atoms with Crippen LogP contribution in [-0.4, -0.2) is 28.9 Å². The number of carbonyl (C=O) groups is 2. The molecule has 2 amide bonds. The molecule has 0 saturated carbocycles. The summed E-state index contributed by atoms with van der Waals surface area (Å²) in [5, 5.41) is 9.81. The second-order valence-electron chi connectivity index (χ2n) is 5.81. The van der Waals surface area contributed by atoms with Crippen LogP contribution in [0.2, 0.25) is 5.02 Å². The number of imide groups is 1. The van der Waals surface area contributed by atoms with E-state index in [1.807, 2.05) is 0 Å². The van der Waals surface area contributed by atoms with Gasteiger partial charge in [0.25, 0.3) is 11.8 Å². The van der Waals surface area contributed by atoms with Gasteiger partial charge in [0.1, 0.15) is 5.82 Å². The minimum atomic E-state index is -0.878. The molecule has 0 aliphatic carbocycles. The molecule has 1 saturated heterocycles. The second kappa shape index (κ2) is 5.93. The summed E-state index contributed by atoms with van der Waals surface area (Å²) in [6.45, 7) is 0.190. The van der Waals surface area contributed by atoms with Crippen molar-refractivity contribution in [3.63, 3.8) is 0 Å². The zero-order chi connectivity index (χ0) is 17.6. The van der Waals surface area contributed by atoms with Gasteiger partial charge in [-0.15, -0.1) is 0 Å². The van der Waals surface area contributed by atoms with Gasteiger partial charge in [-0.1, -0.05) is 29.0 Å².